The van der Waals surface area contributed by atoms with Crippen molar-refractivity contribution in [1.82, 2.24) is 10.6 Å². The molecule has 2 aromatic rings. The molecule has 0 saturated heterocycles. The van der Waals surface area contributed by atoms with Crippen molar-refractivity contribution in [3.05, 3.63) is 30.2 Å². The highest BCUT2D eigenvalue weighted by Crippen LogP contribution is 2.35. The van der Waals surface area contributed by atoms with Crippen molar-refractivity contribution < 1.29 is 13.9 Å². The van der Waals surface area contributed by atoms with Crippen LogP contribution in [0.15, 0.2) is 28.9 Å². The van der Waals surface area contributed by atoms with Gasteiger partial charge in [0.1, 0.15) is 11.5 Å². The van der Waals surface area contributed by atoms with Gasteiger partial charge in [-0.1, -0.05) is 38.3 Å². The Morgan fingerprint density at radius 1 is 1.24 bits per heavy atom. The zero-order valence-electron chi connectivity index (χ0n) is 15.2. The van der Waals surface area contributed by atoms with Crippen molar-refractivity contribution in [3.8, 4) is 5.75 Å². The van der Waals surface area contributed by atoms with Crippen molar-refractivity contribution in [2.75, 3.05) is 20.2 Å². The van der Waals surface area contributed by atoms with E-state index >= 15 is 0 Å². The lowest BCUT2D eigenvalue weighted by Gasteiger charge is -2.32. The number of carbonyl (C=O) groups excluding carboxylic acids is 1. The Balaban J connectivity index is 1.47. The number of rotatable bonds is 7. The largest absolute Gasteiger partial charge is 0.496 e. The number of amides is 1. The molecular weight excluding hydrogens is 316 g/mol. The van der Waals surface area contributed by atoms with E-state index in [0.29, 0.717) is 19.6 Å². The van der Waals surface area contributed by atoms with Crippen molar-refractivity contribution in [3.63, 3.8) is 0 Å². The monoisotopic (exact) mass is 344 g/mol. The summed E-state index contributed by atoms with van der Waals surface area (Å²) in [6.45, 7) is 4.04. The average molecular weight is 344 g/mol. The predicted molar refractivity (Wildman–Crippen MR) is 98.7 cm³/mol. The molecule has 0 aliphatic heterocycles. The lowest BCUT2D eigenvalue weighted by molar-refractivity contribution is -0.131. The van der Waals surface area contributed by atoms with E-state index in [4.69, 9.17) is 9.15 Å². The molecule has 5 heteroatoms. The van der Waals surface area contributed by atoms with E-state index in [1.165, 1.54) is 6.42 Å². The molecule has 5 nitrogen and oxygen atoms in total. The van der Waals surface area contributed by atoms with Crippen LogP contribution >= 0.6 is 0 Å². The Morgan fingerprint density at radius 2 is 2.04 bits per heavy atom. The molecule has 1 fully saturated rings. The molecule has 1 saturated carbocycles. The molecule has 3 rings (SSSR count). The van der Waals surface area contributed by atoms with Gasteiger partial charge in [0.15, 0.2) is 0 Å². The zero-order chi connectivity index (χ0) is 17.7. The van der Waals surface area contributed by atoms with Crippen LogP contribution in [-0.2, 0) is 11.3 Å². The van der Waals surface area contributed by atoms with Crippen LogP contribution in [-0.4, -0.2) is 26.1 Å². The highest BCUT2D eigenvalue weighted by molar-refractivity contribution is 5.90. The van der Waals surface area contributed by atoms with Crippen LogP contribution in [0.3, 0.4) is 0 Å². The van der Waals surface area contributed by atoms with Crippen LogP contribution in [0.25, 0.3) is 10.8 Å². The third-order valence-corrected chi connectivity index (χ3v) is 5.26. The van der Waals surface area contributed by atoms with Gasteiger partial charge in [0.25, 0.3) is 0 Å². The summed E-state index contributed by atoms with van der Waals surface area (Å²) in [7, 11) is 1.67. The van der Waals surface area contributed by atoms with Crippen LogP contribution in [0.5, 0.6) is 5.75 Å². The van der Waals surface area contributed by atoms with Crippen molar-refractivity contribution in [1.29, 1.82) is 0 Å². The SMILES string of the molecule is COc1cccc2coc(CNCCNC(=O)C3(C)CCCCC3)c12. The molecule has 0 unspecified atom stereocenters. The third kappa shape index (κ3) is 3.98. The van der Waals surface area contributed by atoms with Crippen LogP contribution in [0.4, 0.5) is 0 Å². The number of benzene rings is 1. The summed E-state index contributed by atoms with van der Waals surface area (Å²) in [6.07, 6.45) is 7.34. The van der Waals surface area contributed by atoms with Crippen molar-refractivity contribution in [2.24, 2.45) is 5.41 Å². The Morgan fingerprint density at radius 3 is 2.80 bits per heavy atom. The van der Waals surface area contributed by atoms with Gasteiger partial charge < -0.3 is 19.8 Å². The number of methoxy groups -OCH3 is 1. The van der Waals surface area contributed by atoms with Gasteiger partial charge in [0.05, 0.1) is 25.3 Å². The topological polar surface area (TPSA) is 63.5 Å². The van der Waals surface area contributed by atoms with E-state index < -0.39 is 0 Å². The Labute approximate surface area is 149 Å². The number of ether oxygens (including phenoxy) is 1. The first-order valence-electron chi connectivity index (χ1n) is 9.16. The average Bonchev–Trinajstić information content (AvgIpc) is 3.05. The molecule has 1 aliphatic rings. The molecule has 1 aromatic heterocycles. The molecule has 136 valence electrons. The van der Waals surface area contributed by atoms with Gasteiger partial charge in [-0.15, -0.1) is 0 Å². The predicted octanol–water partition coefficient (Wildman–Crippen LogP) is 3.62. The van der Waals surface area contributed by atoms with Gasteiger partial charge in [-0.2, -0.15) is 0 Å². The van der Waals surface area contributed by atoms with Crippen LogP contribution in [0.2, 0.25) is 0 Å². The summed E-state index contributed by atoms with van der Waals surface area (Å²) in [5.74, 6) is 1.87. The van der Waals surface area contributed by atoms with Crippen LogP contribution in [0, 0.1) is 5.41 Å². The van der Waals surface area contributed by atoms with Gasteiger partial charge in [0.2, 0.25) is 5.91 Å². The summed E-state index contributed by atoms with van der Waals surface area (Å²) < 4.78 is 11.1. The first-order chi connectivity index (χ1) is 12.1. The summed E-state index contributed by atoms with van der Waals surface area (Å²) in [4.78, 5) is 12.4. The maximum Gasteiger partial charge on any atom is 0.225 e. The maximum atomic E-state index is 12.4. The molecule has 0 atom stereocenters. The molecule has 25 heavy (non-hydrogen) atoms. The Hall–Kier alpha value is -2.01. The maximum absolute atomic E-state index is 12.4. The molecule has 1 amide bonds. The summed E-state index contributed by atoms with van der Waals surface area (Å²) in [6, 6.07) is 5.90. The Bertz CT molecular complexity index is 717. The molecule has 1 aromatic carbocycles. The van der Waals surface area contributed by atoms with E-state index in [1.54, 1.807) is 13.4 Å². The van der Waals surface area contributed by atoms with E-state index in [1.807, 2.05) is 18.2 Å². The van der Waals surface area contributed by atoms with Gasteiger partial charge in [-0.3, -0.25) is 4.79 Å². The molecule has 1 heterocycles. The minimum absolute atomic E-state index is 0.178. The van der Waals surface area contributed by atoms with Gasteiger partial charge >= 0.3 is 0 Å². The summed E-state index contributed by atoms with van der Waals surface area (Å²) in [5, 5.41) is 8.46. The molecule has 0 radical (unpaired) electrons. The molecule has 1 aliphatic carbocycles. The minimum atomic E-state index is -0.178. The smallest absolute Gasteiger partial charge is 0.225 e. The van der Waals surface area contributed by atoms with Crippen LogP contribution in [0.1, 0.15) is 44.8 Å². The van der Waals surface area contributed by atoms with E-state index in [9.17, 15) is 4.79 Å². The molecule has 0 bridgehead atoms. The quantitative estimate of drug-likeness (QED) is 0.753. The Kier molecular flexibility index (Phi) is 5.63. The fraction of sp³-hybridized carbons (Fsp3) is 0.550. The number of hydrogen-bond acceptors (Lipinski definition) is 4. The number of nitrogens with one attached hydrogen (secondary N) is 2. The normalized spacial score (nSPS) is 16.7. The lowest BCUT2D eigenvalue weighted by Crippen LogP contribution is -2.42. The van der Waals surface area contributed by atoms with E-state index in [-0.39, 0.29) is 11.3 Å². The number of hydrogen-bond donors (Lipinski definition) is 2. The first-order valence-corrected chi connectivity index (χ1v) is 9.16. The van der Waals surface area contributed by atoms with Gasteiger partial charge in [0, 0.05) is 23.9 Å². The second kappa shape index (κ2) is 7.91. The standard InChI is InChI=1S/C20H28N2O3/c1-20(9-4-3-5-10-20)19(23)22-12-11-21-13-17-18-15(14-25-17)7-6-8-16(18)24-2/h6-8,14,21H,3-5,9-13H2,1-2H3,(H,22,23). The minimum Gasteiger partial charge on any atom is -0.496 e. The fourth-order valence-electron chi connectivity index (χ4n) is 3.68. The fourth-order valence-corrected chi connectivity index (χ4v) is 3.68. The summed E-state index contributed by atoms with van der Waals surface area (Å²) >= 11 is 0. The van der Waals surface area contributed by atoms with E-state index in [0.717, 1.165) is 48.0 Å². The molecule has 0 spiro atoms. The second-order valence-corrected chi connectivity index (χ2v) is 7.14. The second-order valence-electron chi connectivity index (χ2n) is 7.14. The van der Waals surface area contributed by atoms with E-state index in [2.05, 4.69) is 17.6 Å². The van der Waals surface area contributed by atoms with Crippen molar-refractivity contribution >= 4 is 16.7 Å². The van der Waals surface area contributed by atoms with Crippen LogP contribution < -0.4 is 15.4 Å². The van der Waals surface area contributed by atoms with Gasteiger partial charge in [-0.05, 0) is 18.9 Å². The number of furan rings is 1. The number of fused-ring (bicyclic) bond motifs is 1. The number of carbonyl (C=O) groups is 1. The molecular formula is C20H28N2O3. The summed E-state index contributed by atoms with van der Waals surface area (Å²) in [5.41, 5.74) is -0.178. The highest BCUT2D eigenvalue weighted by atomic mass is 16.5. The van der Waals surface area contributed by atoms with Crippen molar-refractivity contribution in [2.45, 2.75) is 45.6 Å². The lowest BCUT2D eigenvalue weighted by atomic mass is 9.75. The van der Waals surface area contributed by atoms with Gasteiger partial charge in [-0.25, -0.2) is 0 Å². The first kappa shape index (κ1) is 17.8. The zero-order valence-corrected chi connectivity index (χ0v) is 15.2. The molecule has 2 N–H and O–H groups in total. The third-order valence-electron chi connectivity index (χ3n) is 5.26. The highest BCUT2D eigenvalue weighted by Gasteiger charge is 2.33.